The van der Waals surface area contributed by atoms with Crippen LogP contribution in [0.2, 0.25) is 5.02 Å². The number of nitrogens with zero attached hydrogens (tertiary/aromatic N) is 3. The zero-order valence-corrected chi connectivity index (χ0v) is 11.7. The highest BCUT2D eigenvalue weighted by atomic mass is 35.5. The molecule has 0 unspecified atom stereocenters. The molecule has 0 aliphatic heterocycles. The molecular weight excluding hydrogens is 282 g/mol. The summed E-state index contributed by atoms with van der Waals surface area (Å²) in [7, 11) is 0. The van der Waals surface area contributed by atoms with Crippen molar-refractivity contribution in [3.8, 4) is 0 Å². The molecule has 2 aromatic rings. The standard InChI is InChI=1S/C13H12ClN3O3/c1-8-5-9(2)16(13(18)15-8)7-10-3-4-11(14)12(6-10)17(19)20/h3-6H,7H2,1-2H3. The quantitative estimate of drug-likeness (QED) is 0.643. The second-order valence-corrected chi connectivity index (χ2v) is 4.86. The van der Waals surface area contributed by atoms with Gasteiger partial charge in [-0.1, -0.05) is 17.7 Å². The number of nitro groups is 1. The van der Waals surface area contributed by atoms with Gasteiger partial charge in [-0.05, 0) is 31.5 Å². The predicted octanol–water partition coefficient (Wildman–Crippen LogP) is 2.47. The first-order valence-corrected chi connectivity index (χ1v) is 6.24. The number of hydrogen-bond acceptors (Lipinski definition) is 4. The van der Waals surface area contributed by atoms with Crippen molar-refractivity contribution in [1.29, 1.82) is 0 Å². The summed E-state index contributed by atoms with van der Waals surface area (Å²) in [4.78, 5) is 26.0. The maximum Gasteiger partial charge on any atom is 0.348 e. The van der Waals surface area contributed by atoms with E-state index < -0.39 is 4.92 Å². The monoisotopic (exact) mass is 293 g/mol. The third-order valence-corrected chi connectivity index (χ3v) is 3.21. The van der Waals surface area contributed by atoms with Gasteiger partial charge >= 0.3 is 5.69 Å². The fourth-order valence-corrected chi connectivity index (χ4v) is 2.13. The molecule has 0 atom stereocenters. The first-order chi connectivity index (χ1) is 9.38. The van der Waals surface area contributed by atoms with Crippen LogP contribution in [0.25, 0.3) is 0 Å². The largest absolute Gasteiger partial charge is 0.348 e. The summed E-state index contributed by atoms with van der Waals surface area (Å²) in [6, 6.07) is 6.26. The molecule has 0 aliphatic carbocycles. The number of aromatic nitrogens is 2. The van der Waals surface area contributed by atoms with Gasteiger partial charge in [0.25, 0.3) is 5.69 Å². The molecule has 2 rings (SSSR count). The Balaban J connectivity index is 2.43. The second-order valence-electron chi connectivity index (χ2n) is 4.45. The maximum atomic E-state index is 11.8. The van der Waals surface area contributed by atoms with Crippen LogP contribution in [0.3, 0.4) is 0 Å². The average molecular weight is 294 g/mol. The molecule has 0 saturated carbocycles. The molecule has 0 fully saturated rings. The van der Waals surface area contributed by atoms with Crippen LogP contribution >= 0.6 is 11.6 Å². The number of halogens is 1. The maximum absolute atomic E-state index is 11.8. The SMILES string of the molecule is Cc1cc(C)n(Cc2ccc(Cl)c([N+](=O)[O-])c2)c(=O)n1. The zero-order valence-electron chi connectivity index (χ0n) is 11.0. The van der Waals surface area contributed by atoms with Gasteiger partial charge in [0.2, 0.25) is 0 Å². The minimum absolute atomic E-state index is 0.0739. The van der Waals surface area contributed by atoms with Crippen molar-refractivity contribution in [3.05, 3.63) is 66.8 Å². The minimum atomic E-state index is -0.547. The van der Waals surface area contributed by atoms with Crippen LogP contribution in [-0.4, -0.2) is 14.5 Å². The van der Waals surface area contributed by atoms with Crippen LogP contribution < -0.4 is 5.69 Å². The van der Waals surface area contributed by atoms with E-state index in [-0.39, 0.29) is 22.9 Å². The van der Waals surface area contributed by atoms with Gasteiger partial charge in [-0.25, -0.2) is 4.79 Å². The highest BCUT2D eigenvalue weighted by Gasteiger charge is 2.13. The van der Waals surface area contributed by atoms with E-state index in [2.05, 4.69) is 4.98 Å². The van der Waals surface area contributed by atoms with Gasteiger partial charge in [-0.3, -0.25) is 14.7 Å². The van der Waals surface area contributed by atoms with E-state index in [0.29, 0.717) is 11.3 Å². The Morgan fingerprint density at radius 2 is 2.05 bits per heavy atom. The predicted molar refractivity (Wildman–Crippen MR) is 75.2 cm³/mol. The van der Waals surface area contributed by atoms with Crippen molar-refractivity contribution in [3.63, 3.8) is 0 Å². The van der Waals surface area contributed by atoms with Gasteiger partial charge in [0.15, 0.2) is 0 Å². The summed E-state index contributed by atoms with van der Waals surface area (Å²) in [6.07, 6.45) is 0. The fourth-order valence-electron chi connectivity index (χ4n) is 1.95. The Bertz CT molecular complexity index is 740. The molecule has 1 aromatic heterocycles. The molecule has 0 amide bonds. The summed E-state index contributed by atoms with van der Waals surface area (Å²) in [5, 5.41) is 10.9. The Hall–Kier alpha value is -2.21. The van der Waals surface area contributed by atoms with Crippen LogP contribution in [0.1, 0.15) is 17.0 Å². The van der Waals surface area contributed by atoms with E-state index in [1.165, 1.54) is 16.7 Å². The van der Waals surface area contributed by atoms with Crippen LogP contribution in [0, 0.1) is 24.0 Å². The lowest BCUT2D eigenvalue weighted by Crippen LogP contribution is -2.26. The van der Waals surface area contributed by atoms with Gasteiger partial charge in [0.05, 0.1) is 11.5 Å². The summed E-state index contributed by atoms with van der Waals surface area (Å²) >= 11 is 5.75. The fraction of sp³-hybridized carbons (Fsp3) is 0.231. The summed E-state index contributed by atoms with van der Waals surface area (Å²) in [6.45, 7) is 3.75. The Morgan fingerprint density at radius 1 is 1.35 bits per heavy atom. The number of aryl methyl sites for hydroxylation is 2. The van der Waals surface area contributed by atoms with Crippen LogP contribution in [0.5, 0.6) is 0 Å². The summed E-state index contributed by atoms with van der Waals surface area (Å²) in [5.41, 5.74) is 1.47. The summed E-state index contributed by atoms with van der Waals surface area (Å²) in [5.74, 6) is 0. The molecule has 6 nitrogen and oxygen atoms in total. The van der Waals surface area contributed by atoms with Crippen molar-refractivity contribution in [1.82, 2.24) is 9.55 Å². The lowest BCUT2D eigenvalue weighted by molar-refractivity contribution is -0.384. The van der Waals surface area contributed by atoms with Crippen molar-refractivity contribution in [2.45, 2.75) is 20.4 Å². The molecule has 0 aliphatic rings. The van der Waals surface area contributed by atoms with E-state index in [1.807, 2.05) is 0 Å². The third kappa shape index (κ3) is 2.85. The molecule has 0 spiro atoms. The smallest absolute Gasteiger partial charge is 0.292 e. The molecule has 20 heavy (non-hydrogen) atoms. The molecule has 0 saturated heterocycles. The highest BCUT2D eigenvalue weighted by molar-refractivity contribution is 6.32. The number of hydrogen-bond donors (Lipinski definition) is 0. The zero-order chi connectivity index (χ0) is 14.9. The molecular formula is C13H12ClN3O3. The average Bonchev–Trinajstić information content (AvgIpc) is 2.35. The minimum Gasteiger partial charge on any atom is -0.292 e. The third-order valence-electron chi connectivity index (χ3n) is 2.89. The van der Waals surface area contributed by atoms with E-state index in [9.17, 15) is 14.9 Å². The number of nitro benzene ring substituents is 1. The number of benzene rings is 1. The molecule has 0 bridgehead atoms. The van der Waals surface area contributed by atoms with Crippen molar-refractivity contribution in [2.24, 2.45) is 0 Å². The summed E-state index contributed by atoms with van der Waals surface area (Å²) < 4.78 is 1.46. The molecule has 7 heteroatoms. The van der Waals surface area contributed by atoms with Gasteiger partial charge in [-0.15, -0.1) is 0 Å². The van der Waals surface area contributed by atoms with Crippen molar-refractivity contribution >= 4 is 17.3 Å². The van der Waals surface area contributed by atoms with Gasteiger partial charge < -0.3 is 0 Å². The van der Waals surface area contributed by atoms with Crippen molar-refractivity contribution in [2.75, 3.05) is 0 Å². The van der Waals surface area contributed by atoms with Crippen LogP contribution in [0.4, 0.5) is 5.69 Å². The Labute approximate surface area is 119 Å². The first kappa shape index (κ1) is 14.2. The molecule has 1 aromatic carbocycles. The number of rotatable bonds is 3. The molecule has 104 valence electrons. The lowest BCUT2D eigenvalue weighted by Gasteiger charge is -2.10. The molecule has 1 heterocycles. The normalized spacial score (nSPS) is 10.6. The molecule has 0 N–H and O–H groups in total. The second kappa shape index (κ2) is 5.42. The Morgan fingerprint density at radius 3 is 2.65 bits per heavy atom. The van der Waals surface area contributed by atoms with E-state index in [4.69, 9.17) is 11.6 Å². The van der Waals surface area contributed by atoms with Crippen LogP contribution in [0.15, 0.2) is 29.1 Å². The topological polar surface area (TPSA) is 78.0 Å². The van der Waals surface area contributed by atoms with E-state index in [0.717, 1.165) is 5.69 Å². The molecule has 0 radical (unpaired) electrons. The Kier molecular flexibility index (Phi) is 3.85. The first-order valence-electron chi connectivity index (χ1n) is 5.86. The van der Waals surface area contributed by atoms with Gasteiger partial charge in [-0.2, -0.15) is 4.98 Å². The highest BCUT2D eigenvalue weighted by Crippen LogP contribution is 2.25. The van der Waals surface area contributed by atoms with E-state index in [1.54, 1.807) is 26.0 Å². The van der Waals surface area contributed by atoms with Gasteiger partial charge in [0, 0.05) is 17.5 Å². The van der Waals surface area contributed by atoms with E-state index >= 15 is 0 Å². The van der Waals surface area contributed by atoms with Crippen LogP contribution in [-0.2, 0) is 6.54 Å². The van der Waals surface area contributed by atoms with Crippen molar-refractivity contribution < 1.29 is 4.92 Å². The van der Waals surface area contributed by atoms with Gasteiger partial charge in [0.1, 0.15) is 5.02 Å². The lowest BCUT2D eigenvalue weighted by atomic mass is 10.2.